The van der Waals surface area contributed by atoms with E-state index < -0.39 is 91.8 Å². The summed E-state index contributed by atoms with van der Waals surface area (Å²) in [6.07, 6.45) is -0.715. The van der Waals surface area contributed by atoms with Gasteiger partial charge in [-0.1, -0.05) is 30.3 Å². The molecule has 0 spiro atoms. The number of carboxylic acid groups (broad SMARTS) is 2. The van der Waals surface area contributed by atoms with E-state index in [2.05, 4.69) is 31.6 Å². The Hall–Kier alpha value is -5.30. The molecule has 0 aromatic heterocycles. The molecule has 19 nitrogen and oxygen atoms in total. The fourth-order valence-electron chi connectivity index (χ4n) is 3.73. The molecule has 4 atom stereocenters. The number of benzene rings is 1. The number of rotatable bonds is 20. The molecule has 0 heterocycles. The number of carboxylic acids is 2. The number of nitrogens with two attached hydrogens (primary N) is 3. The second kappa shape index (κ2) is 19.8. The summed E-state index contributed by atoms with van der Waals surface area (Å²) in [4.78, 5) is 89.2. The Morgan fingerprint density at radius 3 is 1.93 bits per heavy atom. The zero-order valence-corrected chi connectivity index (χ0v) is 24.2. The number of aliphatic imine (C=N–C) groups is 1. The maximum absolute atomic E-state index is 12.8. The molecule has 1 rings (SSSR count). The van der Waals surface area contributed by atoms with Crippen molar-refractivity contribution in [3.8, 4) is 0 Å². The Morgan fingerprint density at radius 2 is 1.38 bits per heavy atom. The van der Waals surface area contributed by atoms with Crippen LogP contribution in [0.3, 0.4) is 0 Å². The van der Waals surface area contributed by atoms with Gasteiger partial charge in [0.25, 0.3) is 0 Å². The van der Waals surface area contributed by atoms with Crippen LogP contribution in [0.1, 0.15) is 24.8 Å². The lowest BCUT2D eigenvalue weighted by Gasteiger charge is -2.23. The van der Waals surface area contributed by atoms with E-state index in [1.807, 2.05) is 0 Å². The van der Waals surface area contributed by atoms with Crippen molar-refractivity contribution in [1.82, 2.24) is 26.6 Å². The van der Waals surface area contributed by atoms with Crippen molar-refractivity contribution in [1.29, 1.82) is 0 Å². The Balaban J connectivity index is 2.84. The fraction of sp³-hybridized carbons (Fsp3) is 0.462. The average Bonchev–Trinajstić information content (AvgIpc) is 2.99. The van der Waals surface area contributed by atoms with Crippen LogP contribution in [-0.4, -0.2) is 113 Å². The molecular weight excluding hydrogens is 598 g/mol. The third kappa shape index (κ3) is 15.1. The number of aliphatic hydroxyl groups excluding tert-OH is 1. The standard InChI is InChI=1S/C26H39N9O10/c27-11-19(37)32-15(7-4-8-30-26(28)29)22(41)31-12-20(38)33-16(10-21(39)40)23(42)35-18(13-36)24(43)34-17(25(44)45)9-14-5-2-1-3-6-14/h1-3,5-6,15-18,36H,4,7-13,27H2,(H,31,41)(H,32,37)(H,33,38)(H,34,43)(H,35,42)(H,39,40)(H,44,45)(H4,28,29,30). The van der Waals surface area contributed by atoms with Gasteiger partial charge in [-0.05, 0) is 18.4 Å². The van der Waals surface area contributed by atoms with Gasteiger partial charge < -0.3 is 59.1 Å². The van der Waals surface area contributed by atoms with E-state index in [-0.39, 0.29) is 31.8 Å². The molecule has 0 bridgehead atoms. The molecule has 0 radical (unpaired) electrons. The first kappa shape index (κ1) is 37.7. The Labute approximate surface area is 257 Å². The summed E-state index contributed by atoms with van der Waals surface area (Å²) in [6, 6.07) is 2.33. The highest BCUT2D eigenvalue weighted by atomic mass is 16.4. The molecule has 0 saturated heterocycles. The number of carbonyl (C=O) groups is 7. The molecule has 1 aromatic carbocycles. The topological polar surface area (TPSA) is 331 Å². The number of aliphatic carboxylic acids is 2. The van der Waals surface area contributed by atoms with Crippen LogP contribution in [0.2, 0.25) is 0 Å². The van der Waals surface area contributed by atoms with Gasteiger partial charge in [0.1, 0.15) is 24.2 Å². The number of hydrogen-bond donors (Lipinski definition) is 11. The number of carbonyl (C=O) groups excluding carboxylic acids is 5. The van der Waals surface area contributed by atoms with Crippen molar-refractivity contribution < 1.29 is 48.9 Å². The lowest BCUT2D eigenvalue weighted by molar-refractivity contribution is -0.143. The minimum atomic E-state index is -1.76. The summed E-state index contributed by atoms with van der Waals surface area (Å²) in [7, 11) is 0. The highest BCUT2D eigenvalue weighted by Gasteiger charge is 2.31. The number of amides is 5. The van der Waals surface area contributed by atoms with Crippen LogP contribution in [0.25, 0.3) is 0 Å². The van der Waals surface area contributed by atoms with E-state index in [1.54, 1.807) is 30.3 Å². The van der Waals surface area contributed by atoms with Crippen molar-refractivity contribution in [2.45, 2.75) is 49.9 Å². The van der Waals surface area contributed by atoms with Crippen LogP contribution in [0, 0.1) is 0 Å². The van der Waals surface area contributed by atoms with Gasteiger partial charge in [-0.3, -0.25) is 33.8 Å². The van der Waals surface area contributed by atoms with E-state index in [4.69, 9.17) is 17.2 Å². The smallest absolute Gasteiger partial charge is 0.326 e. The summed E-state index contributed by atoms with van der Waals surface area (Å²) in [5.74, 6) is -7.78. The summed E-state index contributed by atoms with van der Waals surface area (Å²) in [5.41, 5.74) is 16.4. The predicted octanol–water partition coefficient (Wildman–Crippen LogP) is -5.15. The van der Waals surface area contributed by atoms with Crippen LogP contribution >= 0.6 is 0 Å². The van der Waals surface area contributed by atoms with Crippen LogP contribution in [0.15, 0.2) is 35.3 Å². The van der Waals surface area contributed by atoms with E-state index >= 15 is 0 Å². The Bertz CT molecular complexity index is 1220. The third-order valence-corrected chi connectivity index (χ3v) is 5.95. The van der Waals surface area contributed by atoms with Crippen molar-refractivity contribution in [2.75, 3.05) is 26.2 Å². The van der Waals surface area contributed by atoms with Gasteiger partial charge in [0, 0.05) is 13.0 Å². The first-order valence-electron chi connectivity index (χ1n) is 13.6. The van der Waals surface area contributed by atoms with Crippen molar-refractivity contribution in [3.63, 3.8) is 0 Å². The summed E-state index contributed by atoms with van der Waals surface area (Å²) < 4.78 is 0. The van der Waals surface area contributed by atoms with Gasteiger partial charge in [0.15, 0.2) is 5.96 Å². The molecule has 0 saturated carbocycles. The molecule has 19 heteroatoms. The fourth-order valence-corrected chi connectivity index (χ4v) is 3.73. The maximum Gasteiger partial charge on any atom is 0.326 e. The minimum absolute atomic E-state index is 0.0682. The summed E-state index contributed by atoms with van der Waals surface area (Å²) >= 11 is 0. The van der Waals surface area contributed by atoms with Crippen LogP contribution in [-0.2, 0) is 40.0 Å². The molecule has 0 aliphatic rings. The minimum Gasteiger partial charge on any atom is -0.481 e. The number of nitrogens with one attached hydrogen (secondary N) is 5. The first-order chi connectivity index (χ1) is 21.3. The molecule has 14 N–H and O–H groups in total. The second-order valence-electron chi connectivity index (χ2n) is 9.54. The number of guanidine groups is 1. The molecule has 0 fully saturated rings. The van der Waals surface area contributed by atoms with E-state index in [0.717, 1.165) is 0 Å². The monoisotopic (exact) mass is 637 g/mol. The van der Waals surface area contributed by atoms with Crippen LogP contribution in [0.4, 0.5) is 0 Å². The molecule has 5 amide bonds. The highest BCUT2D eigenvalue weighted by Crippen LogP contribution is 2.05. The molecule has 1 aromatic rings. The van der Waals surface area contributed by atoms with E-state index in [0.29, 0.717) is 5.56 Å². The zero-order chi connectivity index (χ0) is 33.9. The van der Waals surface area contributed by atoms with Gasteiger partial charge in [-0.25, -0.2) is 4.79 Å². The SMILES string of the molecule is NCC(=O)NC(CCCN=C(N)N)C(=O)NCC(=O)NC(CC(=O)O)C(=O)NC(CO)C(=O)NC(Cc1ccccc1)C(=O)O. The summed E-state index contributed by atoms with van der Waals surface area (Å²) in [6.45, 7) is -2.00. The Morgan fingerprint density at radius 1 is 0.778 bits per heavy atom. The first-order valence-corrected chi connectivity index (χ1v) is 13.6. The van der Waals surface area contributed by atoms with Crippen molar-refractivity contribution in [3.05, 3.63) is 35.9 Å². The number of nitrogens with zero attached hydrogens (tertiary/aromatic N) is 1. The van der Waals surface area contributed by atoms with Gasteiger partial charge in [0.2, 0.25) is 29.5 Å². The third-order valence-electron chi connectivity index (χ3n) is 5.95. The van der Waals surface area contributed by atoms with Crippen molar-refractivity contribution >= 4 is 47.4 Å². The molecule has 45 heavy (non-hydrogen) atoms. The summed E-state index contributed by atoms with van der Waals surface area (Å²) in [5, 5.41) is 39.5. The van der Waals surface area contributed by atoms with Gasteiger partial charge in [0.05, 0.1) is 26.1 Å². The quantitative estimate of drug-likeness (QED) is 0.0362. The predicted molar refractivity (Wildman–Crippen MR) is 157 cm³/mol. The molecule has 0 aliphatic carbocycles. The van der Waals surface area contributed by atoms with Crippen LogP contribution in [0.5, 0.6) is 0 Å². The van der Waals surface area contributed by atoms with Gasteiger partial charge in [-0.15, -0.1) is 0 Å². The van der Waals surface area contributed by atoms with Crippen molar-refractivity contribution in [2.24, 2.45) is 22.2 Å². The lowest BCUT2D eigenvalue weighted by atomic mass is 10.1. The molecule has 248 valence electrons. The lowest BCUT2D eigenvalue weighted by Crippen LogP contribution is -2.58. The normalized spacial score (nSPS) is 13.1. The Kier molecular flexibility index (Phi) is 16.6. The average molecular weight is 638 g/mol. The molecule has 4 unspecified atom stereocenters. The van der Waals surface area contributed by atoms with E-state index in [9.17, 15) is 48.9 Å². The molecular formula is C26H39N9O10. The van der Waals surface area contributed by atoms with Gasteiger partial charge >= 0.3 is 11.9 Å². The highest BCUT2D eigenvalue weighted by molar-refractivity contribution is 5.96. The number of aliphatic hydroxyl groups is 1. The largest absolute Gasteiger partial charge is 0.481 e. The number of hydrogen-bond acceptors (Lipinski definition) is 10. The van der Waals surface area contributed by atoms with E-state index in [1.165, 1.54) is 0 Å². The van der Waals surface area contributed by atoms with Crippen LogP contribution < -0.4 is 43.8 Å². The maximum atomic E-state index is 12.8. The molecule has 0 aliphatic heterocycles. The van der Waals surface area contributed by atoms with Gasteiger partial charge in [-0.2, -0.15) is 0 Å². The second-order valence-corrected chi connectivity index (χ2v) is 9.54. The zero-order valence-electron chi connectivity index (χ0n) is 24.2.